The van der Waals surface area contributed by atoms with Crippen LogP contribution in [0.15, 0.2) is 42.5 Å². The van der Waals surface area contributed by atoms with Crippen molar-refractivity contribution >= 4 is 6.03 Å². The Balaban J connectivity index is 1.61. The standard InChI is InChI=1S/C21H25FN2O/c1-2-20(17-12-11-15-7-3-4-8-16(15)13-17)24-21(25)23-14-18-9-5-6-10-19(18)22/h5-6,9-13,20H,2-4,7-8,14H2,1H3,(H2,23,24,25). The van der Waals surface area contributed by atoms with Crippen LogP contribution < -0.4 is 10.6 Å². The van der Waals surface area contributed by atoms with Gasteiger partial charge >= 0.3 is 6.03 Å². The average molecular weight is 340 g/mol. The van der Waals surface area contributed by atoms with Gasteiger partial charge in [-0.25, -0.2) is 9.18 Å². The summed E-state index contributed by atoms with van der Waals surface area (Å²) in [6.07, 6.45) is 5.60. The van der Waals surface area contributed by atoms with Gasteiger partial charge in [-0.05, 0) is 54.9 Å². The highest BCUT2D eigenvalue weighted by Crippen LogP contribution is 2.26. The normalized spacial score (nSPS) is 14.5. The maximum atomic E-state index is 13.6. The third-order valence-corrected chi connectivity index (χ3v) is 4.89. The molecule has 2 amide bonds. The first kappa shape index (κ1) is 17.5. The third kappa shape index (κ3) is 4.38. The van der Waals surface area contributed by atoms with E-state index in [9.17, 15) is 9.18 Å². The third-order valence-electron chi connectivity index (χ3n) is 4.89. The van der Waals surface area contributed by atoms with E-state index in [1.165, 1.54) is 30.0 Å². The van der Waals surface area contributed by atoms with Crippen LogP contribution in [0.2, 0.25) is 0 Å². The van der Waals surface area contributed by atoms with Crippen LogP contribution in [0.3, 0.4) is 0 Å². The minimum absolute atomic E-state index is 0.0344. The van der Waals surface area contributed by atoms with Gasteiger partial charge in [-0.1, -0.05) is 43.3 Å². The van der Waals surface area contributed by atoms with Gasteiger partial charge in [0, 0.05) is 12.1 Å². The number of hydrogen-bond acceptors (Lipinski definition) is 1. The largest absolute Gasteiger partial charge is 0.334 e. The number of fused-ring (bicyclic) bond motifs is 1. The molecule has 3 rings (SSSR count). The number of aryl methyl sites for hydroxylation is 2. The van der Waals surface area contributed by atoms with Gasteiger partial charge in [-0.15, -0.1) is 0 Å². The van der Waals surface area contributed by atoms with Crippen LogP contribution in [0.4, 0.5) is 9.18 Å². The van der Waals surface area contributed by atoms with Crippen LogP contribution in [0.25, 0.3) is 0 Å². The van der Waals surface area contributed by atoms with Crippen LogP contribution >= 0.6 is 0 Å². The molecule has 25 heavy (non-hydrogen) atoms. The highest BCUT2D eigenvalue weighted by atomic mass is 19.1. The molecule has 3 nitrogen and oxygen atoms in total. The second kappa shape index (κ2) is 8.15. The van der Waals surface area contributed by atoms with Crippen molar-refractivity contribution in [3.05, 3.63) is 70.5 Å². The zero-order valence-electron chi connectivity index (χ0n) is 14.6. The zero-order valence-corrected chi connectivity index (χ0v) is 14.6. The van der Waals surface area contributed by atoms with Gasteiger partial charge in [0.1, 0.15) is 5.82 Å². The van der Waals surface area contributed by atoms with E-state index in [0.717, 1.165) is 24.8 Å². The summed E-state index contributed by atoms with van der Waals surface area (Å²) in [5.74, 6) is -0.301. The lowest BCUT2D eigenvalue weighted by atomic mass is 9.89. The van der Waals surface area contributed by atoms with E-state index in [4.69, 9.17) is 0 Å². The summed E-state index contributed by atoms with van der Waals surface area (Å²) in [5.41, 5.74) is 4.48. The molecule has 0 spiro atoms. The molecule has 2 aromatic carbocycles. The van der Waals surface area contributed by atoms with Crippen molar-refractivity contribution in [2.24, 2.45) is 0 Å². The van der Waals surface area contributed by atoms with Crippen molar-refractivity contribution < 1.29 is 9.18 Å². The number of carbonyl (C=O) groups is 1. The second-order valence-electron chi connectivity index (χ2n) is 6.61. The maximum Gasteiger partial charge on any atom is 0.315 e. The molecule has 4 heteroatoms. The van der Waals surface area contributed by atoms with E-state index >= 15 is 0 Å². The molecule has 0 fully saturated rings. The van der Waals surface area contributed by atoms with E-state index in [1.54, 1.807) is 18.2 Å². The molecular formula is C21H25FN2O. The number of carbonyl (C=O) groups excluding carboxylic acids is 1. The fourth-order valence-corrected chi connectivity index (χ4v) is 3.42. The maximum absolute atomic E-state index is 13.6. The highest BCUT2D eigenvalue weighted by molar-refractivity contribution is 5.74. The number of nitrogens with one attached hydrogen (secondary N) is 2. The van der Waals surface area contributed by atoms with E-state index in [-0.39, 0.29) is 24.4 Å². The summed E-state index contributed by atoms with van der Waals surface area (Å²) in [6, 6.07) is 12.7. The van der Waals surface area contributed by atoms with Crippen molar-refractivity contribution in [3.8, 4) is 0 Å². The van der Waals surface area contributed by atoms with E-state index in [2.05, 4.69) is 35.8 Å². The van der Waals surface area contributed by atoms with Crippen LogP contribution in [0, 0.1) is 5.82 Å². The Labute approximate surface area is 148 Å². The minimum Gasteiger partial charge on any atom is -0.334 e. The lowest BCUT2D eigenvalue weighted by Crippen LogP contribution is -2.37. The lowest BCUT2D eigenvalue weighted by molar-refractivity contribution is 0.236. The van der Waals surface area contributed by atoms with Gasteiger partial charge < -0.3 is 10.6 Å². The second-order valence-corrected chi connectivity index (χ2v) is 6.61. The van der Waals surface area contributed by atoms with Crippen molar-refractivity contribution in [2.75, 3.05) is 0 Å². The molecule has 0 aromatic heterocycles. The first-order chi connectivity index (χ1) is 12.2. The Hall–Kier alpha value is -2.36. The number of amides is 2. The summed E-state index contributed by atoms with van der Waals surface area (Å²) in [7, 11) is 0. The number of rotatable bonds is 5. The number of benzene rings is 2. The molecule has 0 saturated heterocycles. The zero-order chi connectivity index (χ0) is 17.6. The van der Waals surface area contributed by atoms with E-state index < -0.39 is 0 Å². The fourth-order valence-electron chi connectivity index (χ4n) is 3.42. The van der Waals surface area contributed by atoms with Crippen molar-refractivity contribution in [1.82, 2.24) is 10.6 Å². The predicted molar refractivity (Wildman–Crippen MR) is 97.9 cm³/mol. The molecule has 0 saturated carbocycles. The number of halogens is 1. The van der Waals surface area contributed by atoms with Gasteiger partial charge in [0.25, 0.3) is 0 Å². The molecule has 1 aliphatic carbocycles. The lowest BCUT2D eigenvalue weighted by Gasteiger charge is -2.22. The van der Waals surface area contributed by atoms with E-state index in [1.807, 2.05) is 0 Å². The molecule has 0 bridgehead atoms. The monoisotopic (exact) mass is 340 g/mol. The molecule has 0 aliphatic heterocycles. The Morgan fingerprint density at radius 1 is 1.12 bits per heavy atom. The van der Waals surface area contributed by atoms with Crippen molar-refractivity contribution in [3.63, 3.8) is 0 Å². The van der Waals surface area contributed by atoms with Gasteiger partial charge in [0.15, 0.2) is 0 Å². The minimum atomic E-state index is -0.301. The Bertz CT molecular complexity index is 744. The highest BCUT2D eigenvalue weighted by Gasteiger charge is 2.16. The Kier molecular flexibility index (Phi) is 5.69. The van der Waals surface area contributed by atoms with Crippen molar-refractivity contribution in [1.29, 1.82) is 0 Å². The van der Waals surface area contributed by atoms with Crippen LogP contribution in [0.5, 0.6) is 0 Å². The molecule has 2 aromatic rings. The SMILES string of the molecule is CCC(NC(=O)NCc1ccccc1F)c1ccc2c(c1)CCCC2. The first-order valence-corrected chi connectivity index (χ1v) is 9.07. The van der Waals surface area contributed by atoms with Gasteiger partial charge in [-0.3, -0.25) is 0 Å². The van der Waals surface area contributed by atoms with Crippen molar-refractivity contribution in [2.45, 2.75) is 51.6 Å². The predicted octanol–water partition coefficient (Wildman–Crippen LogP) is 4.66. The molecule has 2 N–H and O–H groups in total. The molecule has 1 atom stereocenters. The van der Waals surface area contributed by atoms with Crippen LogP contribution in [-0.2, 0) is 19.4 Å². The smallest absolute Gasteiger partial charge is 0.315 e. The first-order valence-electron chi connectivity index (χ1n) is 9.07. The molecule has 132 valence electrons. The summed E-state index contributed by atoms with van der Waals surface area (Å²) < 4.78 is 13.6. The summed E-state index contributed by atoms with van der Waals surface area (Å²) in [6.45, 7) is 2.24. The molecule has 1 unspecified atom stereocenters. The summed E-state index contributed by atoms with van der Waals surface area (Å²) in [5, 5.41) is 5.75. The van der Waals surface area contributed by atoms with Crippen LogP contribution in [-0.4, -0.2) is 6.03 Å². The summed E-state index contributed by atoms with van der Waals surface area (Å²) in [4.78, 5) is 12.2. The van der Waals surface area contributed by atoms with E-state index in [0.29, 0.717) is 5.56 Å². The van der Waals surface area contributed by atoms with Gasteiger partial charge in [0.2, 0.25) is 0 Å². The number of urea groups is 1. The summed E-state index contributed by atoms with van der Waals surface area (Å²) >= 11 is 0. The Morgan fingerprint density at radius 2 is 1.88 bits per heavy atom. The van der Waals surface area contributed by atoms with Crippen LogP contribution in [0.1, 0.15) is 54.5 Å². The Morgan fingerprint density at radius 3 is 2.64 bits per heavy atom. The molecular weight excluding hydrogens is 315 g/mol. The average Bonchev–Trinajstić information content (AvgIpc) is 2.65. The quantitative estimate of drug-likeness (QED) is 0.817. The molecule has 0 heterocycles. The van der Waals surface area contributed by atoms with Gasteiger partial charge in [0.05, 0.1) is 6.04 Å². The molecule has 1 aliphatic rings. The van der Waals surface area contributed by atoms with Gasteiger partial charge in [-0.2, -0.15) is 0 Å². The topological polar surface area (TPSA) is 41.1 Å². The fraction of sp³-hybridized carbons (Fsp3) is 0.381. The molecule has 0 radical (unpaired) electrons. The number of hydrogen-bond donors (Lipinski definition) is 2.